The highest BCUT2D eigenvalue weighted by molar-refractivity contribution is 5.81. The van der Waals surface area contributed by atoms with Crippen LogP contribution in [0.4, 0.5) is 5.82 Å². The van der Waals surface area contributed by atoms with Gasteiger partial charge in [0.05, 0.1) is 18.9 Å². The molecule has 8 nitrogen and oxygen atoms in total. The molecule has 0 saturated carbocycles. The fourth-order valence-electron chi connectivity index (χ4n) is 4.43. The van der Waals surface area contributed by atoms with Gasteiger partial charge in [-0.15, -0.1) is 0 Å². The molecule has 2 fully saturated rings. The van der Waals surface area contributed by atoms with Crippen molar-refractivity contribution in [3.8, 4) is 5.75 Å². The first kappa shape index (κ1) is 24.0. The predicted octanol–water partition coefficient (Wildman–Crippen LogP) is 2.16. The lowest BCUT2D eigenvalue weighted by molar-refractivity contribution is -0.136. The lowest BCUT2D eigenvalue weighted by Crippen LogP contribution is -2.45. The van der Waals surface area contributed by atoms with Gasteiger partial charge in [0.2, 0.25) is 11.8 Å². The SMILES string of the molecule is CN1CCN(c2ccc(CNC(=O)C3CCCN(C(=O)CCOc4ccccc4)C3)cn2)CC1. The minimum atomic E-state index is -0.176. The van der Waals surface area contributed by atoms with Crippen molar-refractivity contribution in [2.24, 2.45) is 5.92 Å². The van der Waals surface area contributed by atoms with E-state index < -0.39 is 0 Å². The summed E-state index contributed by atoms with van der Waals surface area (Å²) in [7, 11) is 2.14. The van der Waals surface area contributed by atoms with Crippen molar-refractivity contribution in [1.29, 1.82) is 0 Å². The average molecular weight is 466 g/mol. The van der Waals surface area contributed by atoms with E-state index in [0.29, 0.717) is 32.7 Å². The minimum absolute atomic E-state index is 0.00109. The van der Waals surface area contributed by atoms with E-state index in [4.69, 9.17) is 4.74 Å². The molecule has 3 heterocycles. The molecule has 1 unspecified atom stereocenters. The zero-order valence-corrected chi connectivity index (χ0v) is 20.0. The summed E-state index contributed by atoms with van der Waals surface area (Å²) in [5.74, 6) is 1.61. The van der Waals surface area contributed by atoms with Crippen molar-refractivity contribution < 1.29 is 14.3 Å². The van der Waals surface area contributed by atoms with Crippen LogP contribution >= 0.6 is 0 Å². The summed E-state index contributed by atoms with van der Waals surface area (Å²) in [6.07, 6.45) is 3.80. The molecule has 2 saturated heterocycles. The molecule has 1 aromatic carbocycles. The number of likely N-dealkylation sites (tertiary alicyclic amines) is 1. The standard InChI is InChI=1S/C26H35N5O3/c1-29-13-15-30(16-14-29)24-10-9-21(18-27-24)19-28-26(33)22-6-5-12-31(20-22)25(32)11-17-34-23-7-3-2-4-8-23/h2-4,7-10,18,22H,5-6,11-17,19-20H2,1H3,(H,28,33). The summed E-state index contributed by atoms with van der Waals surface area (Å²) >= 11 is 0. The quantitative estimate of drug-likeness (QED) is 0.644. The summed E-state index contributed by atoms with van der Waals surface area (Å²) in [5.41, 5.74) is 0.980. The summed E-state index contributed by atoms with van der Waals surface area (Å²) < 4.78 is 5.64. The molecule has 2 amide bonds. The van der Waals surface area contributed by atoms with Crippen molar-refractivity contribution >= 4 is 17.6 Å². The van der Waals surface area contributed by atoms with Gasteiger partial charge in [-0.2, -0.15) is 0 Å². The molecule has 0 spiro atoms. The number of carbonyl (C=O) groups excluding carboxylic acids is 2. The van der Waals surface area contributed by atoms with Gasteiger partial charge in [0.15, 0.2) is 0 Å². The Bertz CT molecular complexity index is 929. The van der Waals surface area contributed by atoms with E-state index in [9.17, 15) is 9.59 Å². The average Bonchev–Trinajstić information content (AvgIpc) is 2.89. The number of ether oxygens (including phenoxy) is 1. The second-order valence-electron chi connectivity index (χ2n) is 9.12. The van der Waals surface area contributed by atoms with Crippen molar-refractivity contribution in [1.82, 2.24) is 20.1 Å². The molecule has 4 rings (SSSR count). The number of hydrogen-bond donors (Lipinski definition) is 1. The highest BCUT2D eigenvalue weighted by Gasteiger charge is 2.28. The molecule has 2 aliphatic heterocycles. The molecule has 182 valence electrons. The second kappa shape index (κ2) is 11.8. The number of nitrogens with one attached hydrogen (secondary N) is 1. The van der Waals surface area contributed by atoms with Gasteiger partial charge in [-0.05, 0) is 43.7 Å². The van der Waals surface area contributed by atoms with Gasteiger partial charge in [-0.1, -0.05) is 24.3 Å². The van der Waals surface area contributed by atoms with E-state index in [1.54, 1.807) is 4.90 Å². The van der Waals surface area contributed by atoms with Gasteiger partial charge >= 0.3 is 0 Å². The van der Waals surface area contributed by atoms with Gasteiger partial charge in [-0.25, -0.2) is 4.98 Å². The molecule has 2 aromatic rings. The zero-order valence-electron chi connectivity index (χ0n) is 20.0. The Morgan fingerprint density at radius 1 is 1.06 bits per heavy atom. The van der Waals surface area contributed by atoms with Crippen molar-refractivity contribution in [2.45, 2.75) is 25.8 Å². The van der Waals surface area contributed by atoms with E-state index in [1.165, 1.54) is 0 Å². The van der Waals surface area contributed by atoms with Crippen LogP contribution in [0.5, 0.6) is 5.75 Å². The largest absolute Gasteiger partial charge is 0.493 e. The molecule has 0 bridgehead atoms. The van der Waals surface area contributed by atoms with Crippen molar-refractivity contribution in [2.75, 3.05) is 57.8 Å². The number of likely N-dealkylation sites (N-methyl/N-ethyl adjacent to an activating group) is 1. The first-order chi connectivity index (χ1) is 16.6. The number of amides is 2. The van der Waals surface area contributed by atoms with E-state index in [-0.39, 0.29) is 17.7 Å². The minimum Gasteiger partial charge on any atom is -0.493 e. The van der Waals surface area contributed by atoms with Gasteiger partial charge in [0.1, 0.15) is 11.6 Å². The highest BCUT2D eigenvalue weighted by Crippen LogP contribution is 2.19. The first-order valence-electron chi connectivity index (χ1n) is 12.2. The maximum atomic E-state index is 12.8. The molecule has 1 atom stereocenters. The van der Waals surface area contributed by atoms with Gasteiger partial charge < -0.3 is 24.8 Å². The summed E-state index contributed by atoms with van der Waals surface area (Å²) in [4.78, 5) is 36.4. The normalized spacial score (nSPS) is 19.0. The van der Waals surface area contributed by atoms with Crippen LogP contribution < -0.4 is 15.0 Å². The Balaban J connectivity index is 1.19. The third-order valence-corrected chi connectivity index (χ3v) is 6.58. The number of piperazine rings is 1. The van der Waals surface area contributed by atoms with E-state index in [0.717, 1.165) is 56.2 Å². The van der Waals surface area contributed by atoms with E-state index >= 15 is 0 Å². The molecular weight excluding hydrogens is 430 g/mol. The number of hydrogen-bond acceptors (Lipinski definition) is 6. The van der Waals surface area contributed by atoms with Crippen LogP contribution in [-0.2, 0) is 16.1 Å². The van der Waals surface area contributed by atoms with E-state index in [2.05, 4.69) is 27.1 Å². The number of carbonyl (C=O) groups is 2. The molecule has 2 aliphatic rings. The Labute approximate surface area is 201 Å². The van der Waals surface area contributed by atoms with E-state index in [1.807, 2.05) is 48.7 Å². The zero-order chi connectivity index (χ0) is 23.8. The molecule has 1 aromatic heterocycles. The Morgan fingerprint density at radius 3 is 2.59 bits per heavy atom. The van der Waals surface area contributed by atoms with Crippen LogP contribution in [0.2, 0.25) is 0 Å². The number of aromatic nitrogens is 1. The molecule has 0 radical (unpaired) electrons. The fraction of sp³-hybridized carbons (Fsp3) is 0.500. The first-order valence-corrected chi connectivity index (χ1v) is 12.2. The van der Waals surface area contributed by atoms with Crippen LogP contribution in [0.3, 0.4) is 0 Å². The second-order valence-corrected chi connectivity index (χ2v) is 9.12. The molecule has 1 N–H and O–H groups in total. The van der Waals surface area contributed by atoms with Gasteiger partial charge in [0.25, 0.3) is 0 Å². The summed E-state index contributed by atoms with van der Waals surface area (Å²) in [6.45, 7) is 6.00. The van der Waals surface area contributed by atoms with Gasteiger partial charge in [-0.3, -0.25) is 9.59 Å². The van der Waals surface area contributed by atoms with Crippen LogP contribution in [0.1, 0.15) is 24.8 Å². The molecular formula is C26H35N5O3. The lowest BCUT2D eigenvalue weighted by Gasteiger charge is -2.33. The maximum absolute atomic E-state index is 12.8. The highest BCUT2D eigenvalue weighted by atomic mass is 16.5. The Morgan fingerprint density at radius 2 is 1.85 bits per heavy atom. The maximum Gasteiger partial charge on any atom is 0.226 e. The molecule has 8 heteroatoms. The Kier molecular flexibility index (Phi) is 8.36. The Hall–Kier alpha value is -3.13. The third kappa shape index (κ3) is 6.70. The number of pyridine rings is 1. The van der Waals surface area contributed by atoms with Gasteiger partial charge in [0, 0.05) is 52.0 Å². The third-order valence-electron chi connectivity index (χ3n) is 6.58. The monoisotopic (exact) mass is 465 g/mol. The van der Waals surface area contributed by atoms with Crippen molar-refractivity contribution in [3.63, 3.8) is 0 Å². The number of para-hydroxylation sites is 1. The number of piperidine rings is 1. The summed E-state index contributed by atoms with van der Waals surface area (Å²) in [5, 5.41) is 3.04. The van der Waals surface area contributed by atoms with Crippen LogP contribution in [0, 0.1) is 5.92 Å². The fourth-order valence-corrected chi connectivity index (χ4v) is 4.43. The molecule has 34 heavy (non-hydrogen) atoms. The number of rotatable bonds is 8. The smallest absolute Gasteiger partial charge is 0.226 e. The van der Waals surface area contributed by atoms with Crippen LogP contribution in [0.15, 0.2) is 48.7 Å². The lowest BCUT2D eigenvalue weighted by atomic mass is 9.96. The van der Waals surface area contributed by atoms with Crippen LogP contribution in [-0.4, -0.2) is 79.5 Å². The number of anilines is 1. The number of nitrogens with zero attached hydrogens (tertiary/aromatic N) is 4. The summed E-state index contributed by atoms with van der Waals surface area (Å²) in [6, 6.07) is 13.6. The van der Waals surface area contributed by atoms with Crippen LogP contribution in [0.25, 0.3) is 0 Å². The molecule has 0 aliphatic carbocycles. The predicted molar refractivity (Wildman–Crippen MR) is 132 cm³/mol. The number of benzene rings is 1. The topological polar surface area (TPSA) is 78.0 Å². The van der Waals surface area contributed by atoms with Crippen molar-refractivity contribution in [3.05, 3.63) is 54.2 Å².